The van der Waals surface area contributed by atoms with Gasteiger partial charge in [0.05, 0.1) is 12.1 Å². The lowest BCUT2D eigenvalue weighted by Crippen LogP contribution is -2.34. The Morgan fingerprint density at radius 1 is 1.26 bits per heavy atom. The highest BCUT2D eigenvalue weighted by molar-refractivity contribution is 5.78. The standard InChI is InChI=1S/C13H17F3N2O/c1-2-7-17-9-12(19)18-8-10-5-3-4-6-11(10)13(14,15)16/h3-6,17H,2,7-9H2,1H3,(H,18,19). The van der Waals surface area contributed by atoms with E-state index < -0.39 is 11.7 Å². The monoisotopic (exact) mass is 274 g/mol. The predicted octanol–water partition coefficient (Wildman–Crippen LogP) is 2.32. The molecule has 19 heavy (non-hydrogen) atoms. The summed E-state index contributed by atoms with van der Waals surface area (Å²) in [4.78, 5) is 11.4. The van der Waals surface area contributed by atoms with Gasteiger partial charge in [0, 0.05) is 6.54 Å². The van der Waals surface area contributed by atoms with Crippen molar-refractivity contribution in [1.82, 2.24) is 10.6 Å². The molecule has 0 bridgehead atoms. The SMILES string of the molecule is CCCNCC(=O)NCc1ccccc1C(F)(F)F. The molecule has 0 aliphatic rings. The van der Waals surface area contributed by atoms with Crippen LogP contribution < -0.4 is 10.6 Å². The smallest absolute Gasteiger partial charge is 0.351 e. The summed E-state index contributed by atoms with van der Waals surface area (Å²) in [7, 11) is 0. The van der Waals surface area contributed by atoms with Crippen molar-refractivity contribution in [3.05, 3.63) is 35.4 Å². The van der Waals surface area contributed by atoms with Crippen LogP contribution in [0.15, 0.2) is 24.3 Å². The Morgan fingerprint density at radius 3 is 2.58 bits per heavy atom. The first-order valence-electron chi connectivity index (χ1n) is 6.07. The number of nitrogens with one attached hydrogen (secondary N) is 2. The number of amides is 1. The largest absolute Gasteiger partial charge is 0.416 e. The number of carbonyl (C=O) groups excluding carboxylic acids is 1. The van der Waals surface area contributed by atoms with Gasteiger partial charge in [-0.05, 0) is 24.6 Å². The van der Waals surface area contributed by atoms with Crippen LogP contribution in [-0.2, 0) is 17.5 Å². The molecular formula is C13H17F3N2O. The summed E-state index contributed by atoms with van der Waals surface area (Å²) >= 11 is 0. The molecule has 1 rings (SSSR count). The van der Waals surface area contributed by atoms with E-state index >= 15 is 0 Å². The molecule has 0 unspecified atom stereocenters. The molecule has 1 aromatic rings. The molecule has 0 saturated heterocycles. The van der Waals surface area contributed by atoms with E-state index in [0.29, 0.717) is 6.54 Å². The molecular weight excluding hydrogens is 257 g/mol. The second-order valence-electron chi connectivity index (χ2n) is 4.11. The lowest BCUT2D eigenvalue weighted by Gasteiger charge is -2.13. The second-order valence-corrected chi connectivity index (χ2v) is 4.11. The van der Waals surface area contributed by atoms with Crippen LogP contribution in [0.1, 0.15) is 24.5 Å². The molecule has 0 fully saturated rings. The minimum Gasteiger partial charge on any atom is -0.351 e. The maximum absolute atomic E-state index is 12.7. The van der Waals surface area contributed by atoms with Gasteiger partial charge in [0.15, 0.2) is 0 Å². The quantitative estimate of drug-likeness (QED) is 0.782. The summed E-state index contributed by atoms with van der Waals surface area (Å²) in [6.45, 7) is 2.65. The first-order chi connectivity index (χ1) is 8.95. The van der Waals surface area contributed by atoms with Gasteiger partial charge in [-0.15, -0.1) is 0 Å². The molecule has 3 nitrogen and oxygen atoms in total. The Labute approximate surface area is 110 Å². The fraction of sp³-hybridized carbons (Fsp3) is 0.462. The average molecular weight is 274 g/mol. The lowest BCUT2D eigenvalue weighted by atomic mass is 10.1. The van der Waals surface area contributed by atoms with Crippen LogP contribution in [0.4, 0.5) is 13.2 Å². The van der Waals surface area contributed by atoms with Crippen molar-refractivity contribution in [3.63, 3.8) is 0 Å². The number of rotatable bonds is 6. The molecule has 0 aromatic heterocycles. The maximum atomic E-state index is 12.7. The van der Waals surface area contributed by atoms with Crippen molar-refractivity contribution in [1.29, 1.82) is 0 Å². The molecule has 106 valence electrons. The van der Waals surface area contributed by atoms with Crippen molar-refractivity contribution in [3.8, 4) is 0 Å². The maximum Gasteiger partial charge on any atom is 0.416 e. The summed E-state index contributed by atoms with van der Waals surface area (Å²) in [6.07, 6.45) is -3.51. The minimum absolute atomic E-state index is 0.0684. The number of hydrogen-bond acceptors (Lipinski definition) is 2. The van der Waals surface area contributed by atoms with Gasteiger partial charge in [-0.25, -0.2) is 0 Å². The zero-order chi connectivity index (χ0) is 14.3. The molecule has 1 aromatic carbocycles. The van der Waals surface area contributed by atoms with Gasteiger partial charge in [0.25, 0.3) is 0 Å². The van der Waals surface area contributed by atoms with Gasteiger partial charge in [-0.3, -0.25) is 4.79 Å². The van der Waals surface area contributed by atoms with E-state index in [1.807, 2.05) is 6.92 Å². The van der Waals surface area contributed by atoms with Gasteiger partial charge in [-0.2, -0.15) is 13.2 Å². The van der Waals surface area contributed by atoms with Crippen molar-refractivity contribution < 1.29 is 18.0 Å². The summed E-state index contributed by atoms with van der Waals surface area (Å²) in [5.74, 6) is -0.314. The van der Waals surface area contributed by atoms with Crippen LogP contribution in [-0.4, -0.2) is 19.0 Å². The topological polar surface area (TPSA) is 41.1 Å². The zero-order valence-electron chi connectivity index (χ0n) is 10.7. The Bertz CT molecular complexity index is 419. The van der Waals surface area contributed by atoms with Crippen LogP contribution in [0.3, 0.4) is 0 Å². The summed E-state index contributed by atoms with van der Waals surface area (Å²) < 4.78 is 38.1. The van der Waals surface area contributed by atoms with Gasteiger partial charge < -0.3 is 10.6 Å². The van der Waals surface area contributed by atoms with E-state index in [-0.39, 0.29) is 24.6 Å². The summed E-state index contributed by atoms with van der Waals surface area (Å²) in [5.41, 5.74) is -0.643. The molecule has 0 radical (unpaired) electrons. The highest BCUT2D eigenvalue weighted by Gasteiger charge is 2.32. The first kappa shape index (κ1) is 15.5. The van der Waals surface area contributed by atoms with E-state index in [4.69, 9.17) is 0 Å². The third kappa shape index (κ3) is 5.30. The molecule has 0 spiro atoms. The van der Waals surface area contributed by atoms with Crippen LogP contribution >= 0.6 is 0 Å². The van der Waals surface area contributed by atoms with E-state index in [1.165, 1.54) is 18.2 Å². The molecule has 0 aliphatic heterocycles. The first-order valence-corrected chi connectivity index (χ1v) is 6.07. The van der Waals surface area contributed by atoms with Crippen molar-refractivity contribution >= 4 is 5.91 Å². The number of alkyl halides is 3. The molecule has 0 saturated carbocycles. The number of hydrogen-bond donors (Lipinski definition) is 2. The normalized spacial score (nSPS) is 11.4. The predicted molar refractivity (Wildman–Crippen MR) is 66.5 cm³/mol. The second kappa shape index (κ2) is 7.13. The average Bonchev–Trinajstić information content (AvgIpc) is 2.36. The zero-order valence-corrected chi connectivity index (χ0v) is 10.7. The molecule has 1 amide bonds. The Hall–Kier alpha value is -1.56. The fourth-order valence-corrected chi connectivity index (χ4v) is 1.59. The van der Waals surface area contributed by atoms with E-state index in [1.54, 1.807) is 0 Å². The van der Waals surface area contributed by atoms with E-state index in [0.717, 1.165) is 12.5 Å². The molecule has 2 N–H and O–H groups in total. The van der Waals surface area contributed by atoms with Gasteiger partial charge in [0.1, 0.15) is 0 Å². The Balaban J connectivity index is 2.56. The van der Waals surface area contributed by atoms with Gasteiger partial charge >= 0.3 is 6.18 Å². The number of halogens is 3. The molecule has 0 heterocycles. The molecule has 0 atom stereocenters. The third-order valence-corrected chi connectivity index (χ3v) is 2.51. The Morgan fingerprint density at radius 2 is 1.95 bits per heavy atom. The van der Waals surface area contributed by atoms with Crippen LogP contribution in [0.25, 0.3) is 0 Å². The number of carbonyl (C=O) groups is 1. The molecule has 6 heteroatoms. The van der Waals surface area contributed by atoms with E-state index in [9.17, 15) is 18.0 Å². The highest BCUT2D eigenvalue weighted by atomic mass is 19.4. The summed E-state index contributed by atoms with van der Waals surface area (Å²) in [5, 5.41) is 5.35. The third-order valence-electron chi connectivity index (χ3n) is 2.51. The lowest BCUT2D eigenvalue weighted by molar-refractivity contribution is -0.138. The highest BCUT2D eigenvalue weighted by Crippen LogP contribution is 2.31. The van der Waals surface area contributed by atoms with Crippen LogP contribution in [0.5, 0.6) is 0 Å². The molecule has 0 aliphatic carbocycles. The van der Waals surface area contributed by atoms with Gasteiger partial charge in [-0.1, -0.05) is 25.1 Å². The Kier molecular flexibility index (Phi) is 5.82. The van der Waals surface area contributed by atoms with Crippen LogP contribution in [0, 0.1) is 0 Å². The van der Waals surface area contributed by atoms with Crippen molar-refractivity contribution in [2.24, 2.45) is 0 Å². The van der Waals surface area contributed by atoms with Crippen molar-refractivity contribution in [2.75, 3.05) is 13.1 Å². The minimum atomic E-state index is -4.40. The van der Waals surface area contributed by atoms with Crippen LogP contribution in [0.2, 0.25) is 0 Å². The van der Waals surface area contributed by atoms with Crippen molar-refractivity contribution in [2.45, 2.75) is 26.1 Å². The number of benzene rings is 1. The van der Waals surface area contributed by atoms with E-state index in [2.05, 4.69) is 10.6 Å². The fourth-order valence-electron chi connectivity index (χ4n) is 1.59. The summed E-state index contributed by atoms with van der Waals surface area (Å²) in [6, 6.07) is 5.22. The van der Waals surface area contributed by atoms with Gasteiger partial charge in [0.2, 0.25) is 5.91 Å².